The van der Waals surface area contributed by atoms with Gasteiger partial charge in [0.25, 0.3) is 5.91 Å². The van der Waals surface area contributed by atoms with Crippen molar-refractivity contribution in [1.29, 1.82) is 0 Å². The molecule has 1 saturated heterocycles. The van der Waals surface area contributed by atoms with E-state index in [0.29, 0.717) is 31.7 Å². The normalized spacial score (nSPS) is 13.4. The number of aromatic nitrogens is 3. The summed E-state index contributed by atoms with van der Waals surface area (Å²) >= 11 is 0. The lowest BCUT2D eigenvalue weighted by Gasteiger charge is -2.36. The molecular formula is C21H22N8O4. The second-order valence-corrected chi connectivity index (χ2v) is 7.14. The molecule has 33 heavy (non-hydrogen) atoms. The second-order valence-electron chi connectivity index (χ2n) is 7.14. The van der Waals surface area contributed by atoms with Crippen molar-refractivity contribution in [3.63, 3.8) is 0 Å². The molecule has 3 aromatic rings. The molecule has 2 aromatic heterocycles. The van der Waals surface area contributed by atoms with Crippen molar-refractivity contribution in [2.24, 2.45) is 0 Å². The fraction of sp³-hybridized carbons (Fsp3) is 0.238. The minimum Gasteiger partial charge on any atom is -0.497 e. The summed E-state index contributed by atoms with van der Waals surface area (Å²) in [5.41, 5.74) is 6.01. The van der Waals surface area contributed by atoms with E-state index in [2.05, 4.69) is 30.7 Å². The molecule has 0 radical (unpaired) electrons. The highest BCUT2D eigenvalue weighted by atomic mass is 16.6. The highest BCUT2D eigenvalue weighted by Crippen LogP contribution is 2.32. The van der Waals surface area contributed by atoms with Gasteiger partial charge in [0.2, 0.25) is 11.6 Å². The first-order valence-corrected chi connectivity index (χ1v) is 10.2. The van der Waals surface area contributed by atoms with Crippen LogP contribution in [0.25, 0.3) is 0 Å². The molecular weight excluding hydrogens is 428 g/mol. The summed E-state index contributed by atoms with van der Waals surface area (Å²) in [7, 11) is 1.62. The number of nitro groups is 1. The van der Waals surface area contributed by atoms with Crippen LogP contribution < -0.4 is 25.4 Å². The van der Waals surface area contributed by atoms with Crippen molar-refractivity contribution in [2.45, 2.75) is 0 Å². The van der Waals surface area contributed by atoms with Crippen molar-refractivity contribution in [1.82, 2.24) is 20.4 Å². The number of nitrogens with zero attached hydrogens (tertiary/aromatic N) is 6. The molecule has 1 aliphatic heterocycles. The Morgan fingerprint density at radius 1 is 1.09 bits per heavy atom. The van der Waals surface area contributed by atoms with Gasteiger partial charge < -0.3 is 14.5 Å². The van der Waals surface area contributed by atoms with Crippen LogP contribution in [0.15, 0.2) is 55.1 Å². The molecule has 170 valence electrons. The molecule has 2 N–H and O–H groups in total. The van der Waals surface area contributed by atoms with E-state index in [1.165, 1.54) is 12.5 Å². The van der Waals surface area contributed by atoms with Crippen molar-refractivity contribution in [3.8, 4) is 5.75 Å². The first kappa shape index (κ1) is 21.7. The molecule has 0 saturated carbocycles. The van der Waals surface area contributed by atoms with Gasteiger partial charge in [-0.15, -0.1) is 0 Å². The smallest absolute Gasteiger partial charge is 0.355 e. The van der Waals surface area contributed by atoms with E-state index < -0.39 is 10.8 Å². The van der Waals surface area contributed by atoms with Crippen LogP contribution in [0.4, 0.5) is 23.0 Å². The molecule has 0 atom stereocenters. The van der Waals surface area contributed by atoms with Gasteiger partial charge in [-0.2, -0.15) is 0 Å². The number of hydrogen-bond acceptors (Lipinski definition) is 10. The molecule has 12 nitrogen and oxygen atoms in total. The molecule has 12 heteroatoms. The Balaban J connectivity index is 1.46. The summed E-state index contributed by atoms with van der Waals surface area (Å²) in [6.07, 6.45) is 4.16. The zero-order valence-electron chi connectivity index (χ0n) is 17.8. The maximum atomic E-state index is 12.2. The highest BCUT2D eigenvalue weighted by molar-refractivity contribution is 5.94. The Bertz CT molecular complexity index is 1120. The molecule has 1 amide bonds. The van der Waals surface area contributed by atoms with Crippen LogP contribution in [-0.4, -0.2) is 59.1 Å². The second kappa shape index (κ2) is 9.77. The number of piperazine rings is 1. The van der Waals surface area contributed by atoms with Crippen molar-refractivity contribution in [3.05, 3.63) is 70.8 Å². The maximum Gasteiger partial charge on any atom is 0.355 e. The van der Waals surface area contributed by atoms with E-state index in [4.69, 9.17) is 4.74 Å². The van der Waals surface area contributed by atoms with Crippen LogP contribution >= 0.6 is 0 Å². The van der Waals surface area contributed by atoms with E-state index in [9.17, 15) is 14.9 Å². The number of methoxy groups -OCH3 is 1. The molecule has 0 unspecified atom stereocenters. The van der Waals surface area contributed by atoms with Crippen molar-refractivity contribution < 1.29 is 14.5 Å². The Labute approximate surface area is 189 Å². The quantitative estimate of drug-likeness (QED) is 0.405. The van der Waals surface area contributed by atoms with Gasteiger partial charge >= 0.3 is 5.69 Å². The molecule has 1 aliphatic rings. The average molecular weight is 450 g/mol. The molecule has 0 bridgehead atoms. The zero-order valence-corrected chi connectivity index (χ0v) is 17.8. The van der Waals surface area contributed by atoms with Crippen LogP contribution in [-0.2, 0) is 0 Å². The molecule has 0 spiro atoms. The molecule has 4 rings (SSSR count). The fourth-order valence-corrected chi connectivity index (χ4v) is 3.52. The summed E-state index contributed by atoms with van der Waals surface area (Å²) < 4.78 is 5.20. The topological polar surface area (TPSA) is 139 Å². The van der Waals surface area contributed by atoms with Crippen LogP contribution in [0, 0.1) is 10.1 Å². The largest absolute Gasteiger partial charge is 0.497 e. The summed E-state index contributed by atoms with van der Waals surface area (Å²) in [4.78, 5) is 39.6. The molecule has 1 aromatic carbocycles. The molecule has 3 heterocycles. The predicted octanol–water partition coefficient (Wildman–Crippen LogP) is 1.87. The molecule has 0 aliphatic carbocycles. The maximum absolute atomic E-state index is 12.2. The number of carbonyl (C=O) groups is 1. The number of pyridine rings is 1. The minimum absolute atomic E-state index is 0.0974. The predicted molar refractivity (Wildman–Crippen MR) is 121 cm³/mol. The van der Waals surface area contributed by atoms with Crippen LogP contribution in [0.3, 0.4) is 0 Å². The number of nitrogens with one attached hydrogen (secondary N) is 2. The van der Waals surface area contributed by atoms with E-state index in [1.807, 2.05) is 29.2 Å². The first-order chi connectivity index (χ1) is 16.1. The van der Waals surface area contributed by atoms with Gasteiger partial charge in [0.1, 0.15) is 12.1 Å². The van der Waals surface area contributed by atoms with Crippen LogP contribution in [0.5, 0.6) is 5.75 Å². The Morgan fingerprint density at radius 2 is 1.82 bits per heavy atom. The Hall–Kier alpha value is -4.48. The third kappa shape index (κ3) is 4.89. The summed E-state index contributed by atoms with van der Waals surface area (Å²) in [6, 6.07) is 10.9. The van der Waals surface area contributed by atoms with E-state index in [1.54, 1.807) is 25.4 Å². The van der Waals surface area contributed by atoms with Gasteiger partial charge in [-0.25, -0.2) is 9.97 Å². The standard InChI is InChI=1S/C21H22N8O4/c1-33-17-6-4-16(5-7-17)27-9-11-28(12-10-27)20-18(29(31)32)19(23-14-24-20)25-26-21(30)15-3-2-8-22-13-15/h2-8,13-14H,9-12H2,1H3,(H,26,30)(H,23,24,25). The number of hydrazine groups is 1. The Kier molecular flexibility index (Phi) is 6.43. The summed E-state index contributed by atoms with van der Waals surface area (Å²) in [5.74, 6) is 0.387. The van der Waals surface area contributed by atoms with Crippen molar-refractivity contribution in [2.75, 3.05) is 48.5 Å². The van der Waals surface area contributed by atoms with Gasteiger partial charge in [-0.3, -0.25) is 30.7 Å². The zero-order chi connectivity index (χ0) is 23.2. The number of ether oxygens (including phenoxy) is 1. The van der Waals surface area contributed by atoms with Gasteiger partial charge in [0, 0.05) is 44.3 Å². The lowest BCUT2D eigenvalue weighted by Crippen LogP contribution is -2.47. The van der Waals surface area contributed by atoms with Gasteiger partial charge in [-0.1, -0.05) is 0 Å². The van der Waals surface area contributed by atoms with Crippen molar-refractivity contribution >= 4 is 28.9 Å². The number of hydrogen-bond donors (Lipinski definition) is 2. The number of benzene rings is 1. The third-order valence-electron chi connectivity index (χ3n) is 5.22. The first-order valence-electron chi connectivity index (χ1n) is 10.2. The summed E-state index contributed by atoms with van der Waals surface area (Å²) in [6.45, 7) is 2.39. The number of carbonyl (C=O) groups excluding carboxylic acids is 1. The van der Waals surface area contributed by atoms with E-state index in [0.717, 1.165) is 11.4 Å². The van der Waals surface area contributed by atoms with Gasteiger partial charge in [-0.05, 0) is 36.4 Å². The van der Waals surface area contributed by atoms with Gasteiger partial charge in [0.05, 0.1) is 17.6 Å². The van der Waals surface area contributed by atoms with Crippen LogP contribution in [0.1, 0.15) is 10.4 Å². The minimum atomic E-state index is -0.552. The number of rotatable bonds is 7. The van der Waals surface area contributed by atoms with E-state index in [-0.39, 0.29) is 17.3 Å². The lowest BCUT2D eigenvalue weighted by atomic mass is 10.2. The summed E-state index contributed by atoms with van der Waals surface area (Å²) in [5, 5.41) is 11.9. The number of amides is 1. The number of anilines is 3. The molecule has 1 fully saturated rings. The Morgan fingerprint density at radius 3 is 2.45 bits per heavy atom. The monoisotopic (exact) mass is 450 g/mol. The van der Waals surface area contributed by atoms with Crippen LogP contribution in [0.2, 0.25) is 0 Å². The van der Waals surface area contributed by atoms with E-state index >= 15 is 0 Å². The highest BCUT2D eigenvalue weighted by Gasteiger charge is 2.29. The average Bonchev–Trinajstić information content (AvgIpc) is 2.87. The lowest BCUT2D eigenvalue weighted by molar-refractivity contribution is -0.383. The SMILES string of the molecule is COc1ccc(N2CCN(c3ncnc(NNC(=O)c4cccnc4)c3[N+](=O)[O-])CC2)cc1. The van der Waals surface area contributed by atoms with Gasteiger partial charge in [0.15, 0.2) is 0 Å². The fourth-order valence-electron chi connectivity index (χ4n) is 3.52. The third-order valence-corrected chi connectivity index (χ3v) is 5.22.